The second-order valence-electron chi connectivity index (χ2n) is 5.83. The van der Waals surface area contributed by atoms with E-state index in [-0.39, 0.29) is 5.57 Å². The van der Waals surface area contributed by atoms with Gasteiger partial charge < -0.3 is 9.47 Å². The Morgan fingerprint density at radius 3 is 2.37 bits per heavy atom. The first-order valence-electron chi connectivity index (χ1n) is 8.26. The zero-order valence-corrected chi connectivity index (χ0v) is 14.8. The minimum Gasteiger partial charge on any atom is -0.479 e. The highest BCUT2D eigenvalue weighted by Crippen LogP contribution is 2.22. The fourth-order valence-corrected chi connectivity index (χ4v) is 2.54. The summed E-state index contributed by atoms with van der Waals surface area (Å²) in [5, 5.41) is 1.21. The Bertz CT molecular complexity index is 890. The fourth-order valence-electron chi connectivity index (χ4n) is 2.54. The Hall–Kier alpha value is -3.61. The lowest BCUT2D eigenvalue weighted by atomic mass is 10.1. The molecule has 2 aromatic carbocycles. The number of amides is 2. The van der Waals surface area contributed by atoms with Crippen LogP contribution in [0.25, 0.3) is 6.08 Å². The lowest BCUT2D eigenvalue weighted by Crippen LogP contribution is -2.35. The van der Waals surface area contributed by atoms with Crippen molar-refractivity contribution in [2.24, 2.45) is 0 Å². The number of benzene rings is 2. The highest BCUT2D eigenvalue weighted by molar-refractivity contribution is 6.31. The molecule has 1 fully saturated rings. The molecule has 0 saturated carbocycles. The number of esters is 1. The van der Waals surface area contributed by atoms with Gasteiger partial charge in [-0.3, -0.25) is 15.0 Å². The fraction of sp³-hybridized carbons (Fsp3) is 0.150. The van der Waals surface area contributed by atoms with Gasteiger partial charge in [0.1, 0.15) is 11.3 Å². The summed E-state index contributed by atoms with van der Waals surface area (Å²) < 4.78 is 10.1. The molecule has 3 rings (SSSR count). The van der Waals surface area contributed by atoms with Crippen LogP contribution < -0.4 is 15.2 Å². The van der Waals surface area contributed by atoms with E-state index in [1.165, 1.54) is 18.2 Å². The summed E-state index contributed by atoms with van der Waals surface area (Å²) in [6.45, 7) is 1.58. The SMILES string of the molecule is COC(=O)[C@H](C)Oc1ccc(/C=C2/C(=O)NN(c3ccccc3)C2=O)cc1. The summed E-state index contributed by atoms with van der Waals surface area (Å²) in [4.78, 5) is 36.1. The number of hydrazine groups is 1. The van der Waals surface area contributed by atoms with E-state index >= 15 is 0 Å². The molecule has 1 aliphatic heterocycles. The van der Waals surface area contributed by atoms with Crippen LogP contribution in [0.15, 0.2) is 60.2 Å². The molecule has 0 aliphatic carbocycles. The largest absolute Gasteiger partial charge is 0.479 e. The van der Waals surface area contributed by atoms with E-state index in [1.54, 1.807) is 55.5 Å². The molecule has 7 nitrogen and oxygen atoms in total. The summed E-state index contributed by atoms with van der Waals surface area (Å²) in [6.07, 6.45) is 0.773. The number of hydrogen-bond donors (Lipinski definition) is 1. The quantitative estimate of drug-likeness (QED) is 0.498. The van der Waals surface area contributed by atoms with E-state index in [9.17, 15) is 14.4 Å². The van der Waals surface area contributed by atoms with E-state index in [1.807, 2.05) is 6.07 Å². The second kappa shape index (κ2) is 7.74. The maximum atomic E-state index is 12.5. The molecule has 2 aromatic rings. The number of ether oxygens (including phenoxy) is 2. The first kappa shape index (κ1) is 18.2. The lowest BCUT2D eigenvalue weighted by Gasteiger charge is -2.13. The number of carbonyl (C=O) groups is 3. The van der Waals surface area contributed by atoms with Crippen LogP contribution in [0.2, 0.25) is 0 Å². The lowest BCUT2D eigenvalue weighted by molar-refractivity contribution is -0.147. The summed E-state index contributed by atoms with van der Waals surface area (Å²) in [7, 11) is 1.29. The van der Waals surface area contributed by atoms with Crippen LogP contribution in [0.5, 0.6) is 5.75 Å². The van der Waals surface area contributed by atoms with Crippen LogP contribution in [-0.4, -0.2) is 31.0 Å². The number of nitrogens with zero attached hydrogens (tertiary/aromatic N) is 1. The first-order valence-corrected chi connectivity index (χ1v) is 8.26. The van der Waals surface area contributed by atoms with Crippen molar-refractivity contribution < 1.29 is 23.9 Å². The van der Waals surface area contributed by atoms with Gasteiger partial charge in [-0.2, -0.15) is 0 Å². The predicted molar refractivity (Wildman–Crippen MR) is 98.6 cm³/mol. The third kappa shape index (κ3) is 3.98. The van der Waals surface area contributed by atoms with Crippen LogP contribution in [0.1, 0.15) is 12.5 Å². The Labute approximate surface area is 156 Å². The topological polar surface area (TPSA) is 84.9 Å². The molecule has 1 aliphatic rings. The molecule has 2 amide bonds. The van der Waals surface area contributed by atoms with Crippen LogP contribution in [-0.2, 0) is 19.1 Å². The molecule has 1 saturated heterocycles. The molecular formula is C20H18N2O5. The highest BCUT2D eigenvalue weighted by Gasteiger charge is 2.34. The van der Waals surface area contributed by atoms with Gasteiger partial charge in [-0.05, 0) is 42.8 Å². The number of hydrogen-bond acceptors (Lipinski definition) is 5. The number of para-hydroxylation sites is 1. The maximum absolute atomic E-state index is 12.5. The molecule has 1 heterocycles. The standard InChI is InChI=1S/C20H18N2O5/c1-13(20(25)26-2)27-16-10-8-14(9-11-16)12-17-18(23)21-22(19(17)24)15-6-4-3-5-7-15/h3-13H,1-2H3,(H,21,23)/b17-12-/t13-/m0/s1. The van der Waals surface area contributed by atoms with Gasteiger partial charge in [0.2, 0.25) is 0 Å². The Balaban J connectivity index is 1.75. The molecule has 0 bridgehead atoms. The zero-order chi connectivity index (χ0) is 19.4. The van der Waals surface area contributed by atoms with Gasteiger partial charge in [0, 0.05) is 0 Å². The van der Waals surface area contributed by atoms with Crippen molar-refractivity contribution >= 4 is 29.5 Å². The number of rotatable bonds is 5. The molecule has 7 heteroatoms. The van der Waals surface area contributed by atoms with Gasteiger partial charge in [-0.1, -0.05) is 30.3 Å². The van der Waals surface area contributed by atoms with Gasteiger partial charge >= 0.3 is 5.97 Å². The van der Waals surface area contributed by atoms with Gasteiger partial charge in [0.05, 0.1) is 12.8 Å². The third-order valence-electron chi connectivity index (χ3n) is 3.94. The Morgan fingerprint density at radius 1 is 1.07 bits per heavy atom. The smallest absolute Gasteiger partial charge is 0.346 e. The maximum Gasteiger partial charge on any atom is 0.346 e. The minimum atomic E-state index is -0.735. The summed E-state index contributed by atoms with van der Waals surface area (Å²) in [5.41, 5.74) is 3.82. The summed E-state index contributed by atoms with van der Waals surface area (Å²) in [6, 6.07) is 15.5. The normalized spacial score (nSPS) is 16.2. The van der Waals surface area contributed by atoms with Crippen molar-refractivity contribution in [1.82, 2.24) is 5.43 Å². The predicted octanol–water partition coefficient (Wildman–Crippen LogP) is 2.09. The average Bonchev–Trinajstić information content (AvgIpc) is 2.97. The van der Waals surface area contributed by atoms with E-state index in [0.717, 1.165) is 0 Å². The van der Waals surface area contributed by atoms with E-state index in [2.05, 4.69) is 10.2 Å². The monoisotopic (exact) mass is 366 g/mol. The number of carbonyl (C=O) groups excluding carboxylic acids is 3. The Kier molecular flexibility index (Phi) is 5.21. The van der Waals surface area contributed by atoms with Crippen molar-refractivity contribution in [1.29, 1.82) is 0 Å². The first-order chi connectivity index (χ1) is 13.0. The van der Waals surface area contributed by atoms with Gasteiger partial charge in [0.25, 0.3) is 11.8 Å². The molecule has 1 atom stereocenters. The van der Waals surface area contributed by atoms with Crippen molar-refractivity contribution in [3.05, 3.63) is 65.7 Å². The molecular weight excluding hydrogens is 348 g/mol. The van der Waals surface area contributed by atoms with E-state index in [4.69, 9.17) is 4.74 Å². The minimum absolute atomic E-state index is 0.0375. The molecule has 0 radical (unpaired) electrons. The molecule has 0 aromatic heterocycles. The van der Waals surface area contributed by atoms with Crippen molar-refractivity contribution in [2.45, 2.75) is 13.0 Å². The van der Waals surface area contributed by atoms with Crippen molar-refractivity contribution in [2.75, 3.05) is 12.1 Å². The zero-order valence-electron chi connectivity index (χ0n) is 14.8. The van der Waals surface area contributed by atoms with Gasteiger partial charge in [0.15, 0.2) is 6.10 Å². The molecule has 1 N–H and O–H groups in total. The molecule has 0 spiro atoms. The summed E-state index contributed by atoms with van der Waals surface area (Å²) >= 11 is 0. The van der Waals surface area contributed by atoms with E-state index < -0.39 is 23.9 Å². The number of methoxy groups -OCH3 is 1. The van der Waals surface area contributed by atoms with Gasteiger partial charge in [-0.15, -0.1) is 0 Å². The Morgan fingerprint density at radius 2 is 1.74 bits per heavy atom. The molecule has 27 heavy (non-hydrogen) atoms. The number of anilines is 1. The van der Waals surface area contributed by atoms with E-state index in [0.29, 0.717) is 17.0 Å². The van der Waals surface area contributed by atoms with Crippen LogP contribution in [0.3, 0.4) is 0 Å². The van der Waals surface area contributed by atoms with Crippen molar-refractivity contribution in [3.8, 4) is 5.75 Å². The van der Waals surface area contributed by atoms with Gasteiger partial charge in [-0.25, -0.2) is 9.80 Å². The molecule has 0 unspecified atom stereocenters. The highest BCUT2D eigenvalue weighted by atomic mass is 16.6. The summed E-state index contributed by atoms with van der Waals surface area (Å²) in [5.74, 6) is -0.895. The third-order valence-corrected chi connectivity index (χ3v) is 3.94. The second-order valence-corrected chi connectivity index (χ2v) is 5.83. The number of nitrogens with one attached hydrogen (secondary N) is 1. The van der Waals surface area contributed by atoms with Crippen LogP contribution in [0.4, 0.5) is 5.69 Å². The average molecular weight is 366 g/mol. The van der Waals surface area contributed by atoms with Crippen LogP contribution in [0, 0.1) is 0 Å². The molecule has 138 valence electrons. The van der Waals surface area contributed by atoms with Crippen molar-refractivity contribution in [3.63, 3.8) is 0 Å². The van der Waals surface area contributed by atoms with Crippen LogP contribution >= 0.6 is 0 Å².